The second-order valence-electron chi connectivity index (χ2n) is 8.46. The monoisotopic (exact) mass is 495 g/mol. The van der Waals surface area contributed by atoms with Crippen molar-refractivity contribution < 1.29 is 18.7 Å². The summed E-state index contributed by atoms with van der Waals surface area (Å²) >= 11 is 6.21. The molecule has 0 radical (unpaired) electrons. The maximum absolute atomic E-state index is 14.0. The first kappa shape index (κ1) is 24.5. The Morgan fingerprint density at radius 3 is 2.49 bits per heavy atom. The second-order valence-corrected chi connectivity index (χ2v) is 8.89. The lowest BCUT2D eigenvalue weighted by atomic mass is 10.1. The van der Waals surface area contributed by atoms with Crippen molar-refractivity contribution in [3.63, 3.8) is 0 Å². The van der Waals surface area contributed by atoms with Crippen LogP contribution in [-0.4, -0.2) is 49.5 Å². The number of aryl methyl sites for hydroxylation is 1. The Hall–Kier alpha value is -3.58. The van der Waals surface area contributed by atoms with Crippen LogP contribution in [0.25, 0.3) is 0 Å². The van der Waals surface area contributed by atoms with Crippen LogP contribution in [-0.2, 0) is 4.79 Å². The molecule has 0 aromatic heterocycles. The van der Waals surface area contributed by atoms with Gasteiger partial charge in [0.15, 0.2) is 6.61 Å². The summed E-state index contributed by atoms with van der Waals surface area (Å²) < 4.78 is 19.8. The zero-order valence-corrected chi connectivity index (χ0v) is 20.4. The van der Waals surface area contributed by atoms with Crippen LogP contribution in [0, 0.1) is 19.7 Å². The Balaban J connectivity index is 1.40. The van der Waals surface area contributed by atoms with Gasteiger partial charge in [-0.05, 0) is 61.4 Å². The molecule has 1 heterocycles. The van der Waals surface area contributed by atoms with Gasteiger partial charge in [-0.25, -0.2) is 4.39 Å². The molecule has 1 aliphatic heterocycles. The van der Waals surface area contributed by atoms with E-state index in [1.54, 1.807) is 29.2 Å². The highest BCUT2D eigenvalue weighted by atomic mass is 35.5. The smallest absolute Gasteiger partial charge is 0.262 e. The van der Waals surface area contributed by atoms with Crippen LogP contribution in [0.1, 0.15) is 21.5 Å². The fourth-order valence-corrected chi connectivity index (χ4v) is 4.22. The minimum Gasteiger partial charge on any atom is -0.483 e. The maximum atomic E-state index is 14.0. The predicted molar refractivity (Wildman–Crippen MR) is 136 cm³/mol. The van der Waals surface area contributed by atoms with Gasteiger partial charge in [0.1, 0.15) is 11.6 Å². The molecule has 35 heavy (non-hydrogen) atoms. The van der Waals surface area contributed by atoms with Crippen molar-refractivity contribution in [2.45, 2.75) is 13.8 Å². The number of nitrogens with zero attached hydrogens (tertiary/aromatic N) is 2. The molecule has 1 saturated heterocycles. The molecule has 0 unspecified atom stereocenters. The molecule has 6 nitrogen and oxygen atoms in total. The van der Waals surface area contributed by atoms with Crippen LogP contribution in [0.3, 0.4) is 0 Å². The highest BCUT2D eigenvalue weighted by Crippen LogP contribution is 2.30. The average Bonchev–Trinajstić information content (AvgIpc) is 2.85. The van der Waals surface area contributed by atoms with Gasteiger partial charge in [0, 0.05) is 31.2 Å². The summed E-state index contributed by atoms with van der Waals surface area (Å²) in [4.78, 5) is 29.1. The van der Waals surface area contributed by atoms with Gasteiger partial charge >= 0.3 is 0 Å². The molecule has 0 atom stereocenters. The number of halogens is 2. The van der Waals surface area contributed by atoms with Gasteiger partial charge in [0.2, 0.25) is 0 Å². The number of hydrogen-bond acceptors (Lipinski definition) is 4. The molecular formula is C27H27ClFN3O3. The maximum Gasteiger partial charge on any atom is 0.262 e. The van der Waals surface area contributed by atoms with E-state index in [-0.39, 0.29) is 24.0 Å². The van der Waals surface area contributed by atoms with Gasteiger partial charge in [-0.1, -0.05) is 35.9 Å². The van der Waals surface area contributed by atoms with Crippen molar-refractivity contribution in [2.75, 3.05) is 43.0 Å². The molecule has 2 amide bonds. The first-order valence-corrected chi connectivity index (χ1v) is 11.8. The van der Waals surface area contributed by atoms with Crippen molar-refractivity contribution in [1.29, 1.82) is 0 Å². The number of piperazine rings is 1. The van der Waals surface area contributed by atoms with E-state index in [0.29, 0.717) is 42.6 Å². The van der Waals surface area contributed by atoms with Crippen molar-refractivity contribution in [3.8, 4) is 5.75 Å². The van der Waals surface area contributed by atoms with E-state index in [2.05, 4.69) is 10.2 Å². The lowest BCUT2D eigenvalue weighted by Gasteiger charge is -2.37. The van der Waals surface area contributed by atoms with Crippen LogP contribution >= 0.6 is 11.6 Å². The number of ether oxygens (including phenoxy) is 1. The van der Waals surface area contributed by atoms with Gasteiger partial charge in [-0.15, -0.1) is 0 Å². The number of anilines is 2. The summed E-state index contributed by atoms with van der Waals surface area (Å²) in [6, 6.07) is 17.0. The van der Waals surface area contributed by atoms with Gasteiger partial charge < -0.3 is 19.9 Å². The van der Waals surface area contributed by atoms with Crippen LogP contribution in [0.5, 0.6) is 5.75 Å². The summed E-state index contributed by atoms with van der Waals surface area (Å²) in [7, 11) is 0. The first-order chi connectivity index (χ1) is 16.8. The van der Waals surface area contributed by atoms with Crippen molar-refractivity contribution >= 4 is 34.8 Å². The van der Waals surface area contributed by atoms with Crippen LogP contribution in [0.4, 0.5) is 15.8 Å². The quantitative estimate of drug-likeness (QED) is 0.518. The molecule has 3 aromatic rings. The van der Waals surface area contributed by atoms with Gasteiger partial charge in [-0.2, -0.15) is 0 Å². The first-order valence-electron chi connectivity index (χ1n) is 11.4. The molecule has 0 aliphatic carbocycles. The molecular weight excluding hydrogens is 469 g/mol. The third-order valence-corrected chi connectivity index (χ3v) is 6.39. The Morgan fingerprint density at radius 2 is 1.74 bits per heavy atom. The molecule has 1 aliphatic rings. The predicted octanol–water partition coefficient (Wildman–Crippen LogP) is 5.08. The SMILES string of the molecule is Cc1cccc(OCC(=O)Nc2cc(Cl)ccc2N2CCN(C(=O)c3ccccc3F)CC2)c1C. The number of benzene rings is 3. The Morgan fingerprint density at radius 1 is 1.00 bits per heavy atom. The van der Waals surface area contributed by atoms with Gasteiger partial charge in [0.25, 0.3) is 11.8 Å². The normalized spacial score (nSPS) is 13.5. The zero-order valence-electron chi connectivity index (χ0n) is 19.7. The van der Waals surface area contributed by atoms with Crippen molar-refractivity contribution in [3.05, 3.63) is 88.2 Å². The van der Waals surface area contributed by atoms with E-state index in [4.69, 9.17) is 16.3 Å². The largest absolute Gasteiger partial charge is 0.483 e. The number of carbonyl (C=O) groups is 2. The van der Waals surface area contributed by atoms with Crippen molar-refractivity contribution in [1.82, 2.24) is 4.90 Å². The molecule has 182 valence electrons. The Kier molecular flexibility index (Phi) is 7.56. The van der Waals surface area contributed by atoms with Crippen LogP contribution in [0.15, 0.2) is 60.7 Å². The molecule has 0 saturated carbocycles. The molecule has 3 aromatic carbocycles. The summed E-state index contributed by atoms with van der Waals surface area (Å²) in [6.45, 7) is 5.73. The molecule has 0 spiro atoms. The summed E-state index contributed by atoms with van der Waals surface area (Å²) in [5, 5.41) is 3.39. The fraction of sp³-hybridized carbons (Fsp3) is 0.259. The van der Waals surface area contributed by atoms with E-state index >= 15 is 0 Å². The Bertz CT molecular complexity index is 1240. The highest BCUT2D eigenvalue weighted by molar-refractivity contribution is 6.31. The summed E-state index contributed by atoms with van der Waals surface area (Å²) in [6.07, 6.45) is 0. The van der Waals surface area contributed by atoms with E-state index in [9.17, 15) is 14.0 Å². The highest BCUT2D eigenvalue weighted by Gasteiger charge is 2.25. The zero-order chi connectivity index (χ0) is 24.9. The minimum absolute atomic E-state index is 0.0734. The standard InChI is InChI=1S/C27H27ClFN3O3/c1-18-6-5-9-25(19(18)2)35-17-26(33)30-23-16-20(28)10-11-24(23)31-12-14-32(15-13-31)27(34)21-7-3-4-8-22(21)29/h3-11,16H,12-15,17H2,1-2H3,(H,30,33). The Labute approximate surface area is 209 Å². The van der Waals surface area contributed by atoms with E-state index < -0.39 is 5.82 Å². The molecule has 8 heteroatoms. The van der Waals surface area contributed by atoms with E-state index in [1.807, 2.05) is 38.1 Å². The fourth-order valence-electron chi connectivity index (χ4n) is 4.05. The van der Waals surface area contributed by atoms with Gasteiger partial charge in [0.05, 0.1) is 16.9 Å². The van der Waals surface area contributed by atoms with E-state index in [0.717, 1.165) is 16.8 Å². The summed E-state index contributed by atoms with van der Waals surface area (Å²) in [5.41, 5.74) is 3.52. The van der Waals surface area contributed by atoms with Crippen molar-refractivity contribution in [2.24, 2.45) is 0 Å². The number of rotatable bonds is 6. The number of amides is 2. The van der Waals surface area contributed by atoms with Gasteiger partial charge in [-0.3, -0.25) is 9.59 Å². The molecule has 1 fully saturated rings. The summed E-state index contributed by atoms with van der Waals surface area (Å²) in [5.74, 6) is -0.480. The third-order valence-electron chi connectivity index (χ3n) is 6.16. The molecule has 1 N–H and O–H groups in total. The topological polar surface area (TPSA) is 61.9 Å². The van der Waals surface area contributed by atoms with Crippen LogP contribution in [0.2, 0.25) is 5.02 Å². The van der Waals surface area contributed by atoms with Crippen LogP contribution < -0.4 is 15.0 Å². The number of nitrogens with one attached hydrogen (secondary N) is 1. The average molecular weight is 496 g/mol. The lowest BCUT2D eigenvalue weighted by Crippen LogP contribution is -2.49. The minimum atomic E-state index is -0.522. The number of carbonyl (C=O) groups excluding carboxylic acids is 2. The lowest BCUT2D eigenvalue weighted by molar-refractivity contribution is -0.118. The molecule has 0 bridgehead atoms. The molecule has 4 rings (SSSR count). The number of hydrogen-bond donors (Lipinski definition) is 1. The second kappa shape index (κ2) is 10.8. The third kappa shape index (κ3) is 5.74. The van der Waals surface area contributed by atoms with E-state index in [1.165, 1.54) is 12.1 Å².